The third-order valence-corrected chi connectivity index (χ3v) is 4.66. The molecular formula is C20H22FNO2. The van der Waals surface area contributed by atoms with E-state index in [4.69, 9.17) is 4.74 Å². The lowest BCUT2D eigenvalue weighted by Gasteiger charge is -2.32. The van der Waals surface area contributed by atoms with Crippen LogP contribution in [0.1, 0.15) is 28.8 Å². The summed E-state index contributed by atoms with van der Waals surface area (Å²) in [5.74, 6) is 1.01. The maximum absolute atomic E-state index is 13.3. The number of carbonyl (C=O) groups is 1. The van der Waals surface area contributed by atoms with Gasteiger partial charge >= 0.3 is 0 Å². The molecule has 0 unspecified atom stereocenters. The molecule has 0 saturated carbocycles. The zero-order valence-corrected chi connectivity index (χ0v) is 13.9. The van der Waals surface area contributed by atoms with Crippen molar-refractivity contribution < 1.29 is 13.9 Å². The average molecular weight is 327 g/mol. The Morgan fingerprint density at radius 3 is 2.50 bits per heavy atom. The fourth-order valence-corrected chi connectivity index (χ4v) is 3.24. The molecule has 0 aliphatic carbocycles. The highest BCUT2D eigenvalue weighted by Gasteiger charge is 2.24. The van der Waals surface area contributed by atoms with E-state index in [-0.39, 0.29) is 11.7 Å². The molecule has 1 aliphatic rings. The number of carbonyl (C=O) groups excluding carboxylic acids is 1. The van der Waals surface area contributed by atoms with E-state index in [9.17, 15) is 9.18 Å². The van der Waals surface area contributed by atoms with Crippen molar-refractivity contribution in [3.63, 3.8) is 0 Å². The molecule has 1 fully saturated rings. The van der Waals surface area contributed by atoms with E-state index in [0.717, 1.165) is 38.1 Å². The first-order valence-electron chi connectivity index (χ1n) is 8.33. The van der Waals surface area contributed by atoms with E-state index >= 15 is 0 Å². The summed E-state index contributed by atoms with van der Waals surface area (Å²) < 4.78 is 18.5. The Labute approximate surface area is 142 Å². The van der Waals surface area contributed by atoms with Gasteiger partial charge in [-0.15, -0.1) is 0 Å². The number of likely N-dealkylation sites (tertiary alicyclic amines) is 1. The molecule has 0 atom stereocenters. The largest absolute Gasteiger partial charge is 0.497 e. The lowest BCUT2D eigenvalue weighted by molar-refractivity contribution is 0.0690. The molecule has 3 rings (SSSR count). The van der Waals surface area contributed by atoms with Crippen LogP contribution in [-0.4, -0.2) is 31.0 Å². The van der Waals surface area contributed by atoms with E-state index in [1.165, 1.54) is 17.7 Å². The predicted octanol–water partition coefficient (Wildman–Crippen LogP) is 3.93. The predicted molar refractivity (Wildman–Crippen MR) is 91.7 cm³/mol. The van der Waals surface area contributed by atoms with Crippen molar-refractivity contribution in [1.82, 2.24) is 4.90 Å². The Morgan fingerprint density at radius 2 is 1.88 bits per heavy atom. The molecule has 24 heavy (non-hydrogen) atoms. The van der Waals surface area contributed by atoms with Crippen molar-refractivity contribution in [3.05, 3.63) is 65.5 Å². The van der Waals surface area contributed by atoms with Crippen LogP contribution in [0, 0.1) is 11.7 Å². The first kappa shape index (κ1) is 16.5. The molecule has 1 heterocycles. The fourth-order valence-electron chi connectivity index (χ4n) is 3.24. The van der Waals surface area contributed by atoms with Gasteiger partial charge in [-0.05, 0) is 61.1 Å². The molecule has 3 nitrogen and oxygen atoms in total. The third kappa shape index (κ3) is 3.94. The van der Waals surface area contributed by atoms with Gasteiger partial charge in [-0.3, -0.25) is 4.79 Å². The zero-order chi connectivity index (χ0) is 16.9. The summed E-state index contributed by atoms with van der Waals surface area (Å²) in [5.41, 5.74) is 1.73. The van der Waals surface area contributed by atoms with Gasteiger partial charge in [0.1, 0.15) is 11.6 Å². The van der Waals surface area contributed by atoms with E-state index in [0.29, 0.717) is 11.5 Å². The van der Waals surface area contributed by atoms with Gasteiger partial charge < -0.3 is 9.64 Å². The van der Waals surface area contributed by atoms with Gasteiger partial charge in [-0.1, -0.05) is 18.2 Å². The van der Waals surface area contributed by atoms with E-state index in [1.807, 2.05) is 17.0 Å². The molecule has 0 spiro atoms. The summed E-state index contributed by atoms with van der Waals surface area (Å²) in [6, 6.07) is 14.1. The Kier molecular flexibility index (Phi) is 5.14. The van der Waals surface area contributed by atoms with Crippen molar-refractivity contribution in [3.8, 4) is 5.75 Å². The quantitative estimate of drug-likeness (QED) is 0.851. The normalized spacial score (nSPS) is 15.3. The number of nitrogens with zero attached hydrogens (tertiary/aromatic N) is 1. The number of benzene rings is 2. The molecule has 0 N–H and O–H groups in total. The maximum Gasteiger partial charge on any atom is 0.253 e. The topological polar surface area (TPSA) is 29.5 Å². The maximum atomic E-state index is 13.3. The number of halogens is 1. The molecule has 1 amide bonds. The minimum absolute atomic E-state index is 0.0719. The monoisotopic (exact) mass is 327 g/mol. The second kappa shape index (κ2) is 7.47. The van der Waals surface area contributed by atoms with Crippen molar-refractivity contribution in [2.45, 2.75) is 19.3 Å². The van der Waals surface area contributed by atoms with Crippen molar-refractivity contribution >= 4 is 5.91 Å². The highest BCUT2D eigenvalue weighted by molar-refractivity contribution is 5.94. The Bertz CT molecular complexity index is 691. The van der Waals surface area contributed by atoms with Crippen LogP contribution in [0.4, 0.5) is 4.39 Å². The molecule has 2 aromatic carbocycles. The number of piperidine rings is 1. The van der Waals surface area contributed by atoms with Crippen molar-refractivity contribution in [2.75, 3.05) is 20.2 Å². The highest BCUT2D eigenvalue weighted by Crippen LogP contribution is 2.24. The molecule has 1 saturated heterocycles. The number of ether oxygens (including phenoxy) is 1. The van der Waals surface area contributed by atoms with Gasteiger partial charge in [0.2, 0.25) is 0 Å². The fraction of sp³-hybridized carbons (Fsp3) is 0.350. The van der Waals surface area contributed by atoms with E-state index < -0.39 is 0 Å². The van der Waals surface area contributed by atoms with Crippen LogP contribution >= 0.6 is 0 Å². The number of rotatable bonds is 4. The van der Waals surface area contributed by atoms with Gasteiger partial charge in [-0.2, -0.15) is 0 Å². The lowest BCUT2D eigenvalue weighted by Crippen LogP contribution is -2.38. The summed E-state index contributed by atoms with van der Waals surface area (Å²) in [4.78, 5) is 14.3. The molecule has 126 valence electrons. The van der Waals surface area contributed by atoms with Crippen LogP contribution in [0.25, 0.3) is 0 Å². The number of hydrogen-bond acceptors (Lipinski definition) is 2. The molecular weight excluding hydrogens is 305 g/mol. The standard InChI is InChI=1S/C20H22FNO2/c1-24-19-7-5-15(6-8-19)13-16-9-11-22(12-10-16)20(23)17-3-2-4-18(21)14-17/h2-8,14,16H,9-13H2,1H3. The Hall–Kier alpha value is -2.36. The molecule has 1 aliphatic heterocycles. The number of methoxy groups -OCH3 is 1. The molecule has 0 bridgehead atoms. The van der Waals surface area contributed by atoms with E-state index in [2.05, 4.69) is 12.1 Å². The van der Waals surface area contributed by atoms with Crippen LogP contribution in [0.5, 0.6) is 5.75 Å². The summed E-state index contributed by atoms with van der Waals surface area (Å²) >= 11 is 0. The second-order valence-electron chi connectivity index (χ2n) is 6.30. The van der Waals surface area contributed by atoms with E-state index in [1.54, 1.807) is 19.2 Å². The minimum Gasteiger partial charge on any atom is -0.497 e. The molecule has 0 radical (unpaired) electrons. The first-order valence-corrected chi connectivity index (χ1v) is 8.33. The highest BCUT2D eigenvalue weighted by atomic mass is 19.1. The first-order chi connectivity index (χ1) is 11.7. The summed E-state index contributed by atoms with van der Waals surface area (Å²) in [7, 11) is 1.67. The van der Waals surface area contributed by atoms with Gasteiger partial charge in [0.25, 0.3) is 5.91 Å². The van der Waals surface area contributed by atoms with Crippen LogP contribution in [-0.2, 0) is 6.42 Å². The van der Waals surface area contributed by atoms with Gasteiger partial charge in [0.15, 0.2) is 0 Å². The summed E-state index contributed by atoms with van der Waals surface area (Å²) in [6.07, 6.45) is 2.98. The minimum atomic E-state index is -0.366. The van der Waals surface area contributed by atoms with Crippen LogP contribution in [0.15, 0.2) is 48.5 Å². The smallest absolute Gasteiger partial charge is 0.253 e. The van der Waals surface area contributed by atoms with Crippen molar-refractivity contribution in [1.29, 1.82) is 0 Å². The molecule has 0 aromatic heterocycles. The number of hydrogen-bond donors (Lipinski definition) is 0. The zero-order valence-electron chi connectivity index (χ0n) is 13.9. The van der Waals surface area contributed by atoms with Crippen LogP contribution in [0.2, 0.25) is 0 Å². The summed E-state index contributed by atoms with van der Waals surface area (Å²) in [5, 5.41) is 0. The SMILES string of the molecule is COc1ccc(CC2CCN(C(=O)c3cccc(F)c3)CC2)cc1. The average Bonchev–Trinajstić information content (AvgIpc) is 2.62. The molecule has 4 heteroatoms. The summed E-state index contributed by atoms with van der Waals surface area (Å²) in [6.45, 7) is 1.46. The van der Waals surface area contributed by atoms with Gasteiger partial charge in [0.05, 0.1) is 7.11 Å². The molecule has 2 aromatic rings. The van der Waals surface area contributed by atoms with Crippen LogP contribution < -0.4 is 4.74 Å². The van der Waals surface area contributed by atoms with Crippen LogP contribution in [0.3, 0.4) is 0 Å². The van der Waals surface area contributed by atoms with Crippen molar-refractivity contribution in [2.24, 2.45) is 5.92 Å². The third-order valence-electron chi connectivity index (χ3n) is 4.66. The van der Waals surface area contributed by atoms with Gasteiger partial charge in [0, 0.05) is 18.7 Å². The lowest BCUT2D eigenvalue weighted by atomic mass is 9.90. The second-order valence-corrected chi connectivity index (χ2v) is 6.30. The Morgan fingerprint density at radius 1 is 1.17 bits per heavy atom. The Balaban J connectivity index is 1.54. The van der Waals surface area contributed by atoms with Gasteiger partial charge in [-0.25, -0.2) is 4.39 Å². The number of amides is 1.